The lowest BCUT2D eigenvalue weighted by Crippen LogP contribution is -2.28. The van der Waals surface area contributed by atoms with Crippen LogP contribution in [-0.2, 0) is 4.79 Å². The van der Waals surface area contributed by atoms with E-state index in [0.29, 0.717) is 23.8 Å². The largest absolute Gasteiger partial charge is 0.441 e. The number of anilines is 1. The zero-order chi connectivity index (χ0) is 14.1. The molecular weight excluding hydrogens is 254 g/mol. The molecule has 0 unspecified atom stereocenters. The van der Waals surface area contributed by atoms with Crippen molar-refractivity contribution in [3.05, 3.63) is 24.1 Å². The molecule has 3 rings (SSSR count). The summed E-state index contributed by atoms with van der Waals surface area (Å²) in [4.78, 5) is 16.3. The Morgan fingerprint density at radius 3 is 3.10 bits per heavy atom. The maximum Gasteiger partial charge on any atom is 0.224 e. The summed E-state index contributed by atoms with van der Waals surface area (Å²) in [7, 11) is 0. The zero-order valence-electron chi connectivity index (χ0n) is 11.6. The molecule has 1 aromatic heterocycles. The molecule has 1 fully saturated rings. The predicted octanol–water partition coefficient (Wildman–Crippen LogP) is 2.59. The van der Waals surface area contributed by atoms with Crippen LogP contribution in [0.1, 0.15) is 31.6 Å². The lowest BCUT2D eigenvalue weighted by Gasteiger charge is -2.14. The first-order valence-electron chi connectivity index (χ1n) is 7.04. The van der Waals surface area contributed by atoms with E-state index in [4.69, 9.17) is 10.2 Å². The number of rotatable bonds is 3. The normalized spacial score (nSPS) is 22.3. The van der Waals surface area contributed by atoms with Crippen molar-refractivity contribution < 1.29 is 9.21 Å². The highest BCUT2D eigenvalue weighted by atomic mass is 16.3. The van der Waals surface area contributed by atoms with Gasteiger partial charge >= 0.3 is 0 Å². The summed E-state index contributed by atoms with van der Waals surface area (Å²) in [6.45, 7) is 1.81. The number of fused-ring (bicyclic) bond motifs is 1. The van der Waals surface area contributed by atoms with Gasteiger partial charge in [-0.2, -0.15) is 0 Å². The topological polar surface area (TPSA) is 81.2 Å². The zero-order valence-corrected chi connectivity index (χ0v) is 11.6. The third-order valence-electron chi connectivity index (χ3n) is 3.94. The minimum atomic E-state index is 0.0166. The molecule has 3 N–H and O–H groups in total. The number of nitrogens with one attached hydrogen (secondary N) is 1. The Balaban J connectivity index is 1.67. The Hall–Kier alpha value is -1.88. The summed E-state index contributed by atoms with van der Waals surface area (Å²) in [5.41, 5.74) is 8.23. The maximum absolute atomic E-state index is 12.0. The number of aryl methyl sites for hydroxylation is 1. The molecule has 1 aromatic carbocycles. The van der Waals surface area contributed by atoms with E-state index in [1.54, 1.807) is 6.92 Å². The number of carbonyl (C=O) groups excluding carboxylic acids is 1. The van der Waals surface area contributed by atoms with Crippen LogP contribution in [0.2, 0.25) is 0 Å². The van der Waals surface area contributed by atoms with E-state index in [1.165, 1.54) is 0 Å². The fourth-order valence-corrected chi connectivity index (χ4v) is 2.89. The standard InChI is InChI=1S/C15H19N3O2/c1-9-17-13-6-5-11(8-14(13)20-9)18-15(19)7-10-3-2-4-12(10)16/h5-6,8,10,12H,2-4,7,16H2,1H3,(H,18,19)/t10-,12+/m0/s1. The van der Waals surface area contributed by atoms with Crippen molar-refractivity contribution in [1.82, 2.24) is 4.98 Å². The second-order valence-electron chi connectivity index (χ2n) is 5.52. The van der Waals surface area contributed by atoms with E-state index in [-0.39, 0.29) is 11.9 Å². The SMILES string of the molecule is Cc1nc2ccc(NC(=O)C[C@@H]3CCC[C@H]3N)cc2o1. The molecule has 1 heterocycles. The first-order chi connectivity index (χ1) is 9.61. The molecule has 1 saturated carbocycles. The third kappa shape index (κ3) is 2.67. The average molecular weight is 273 g/mol. The number of amides is 1. The minimum Gasteiger partial charge on any atom is -0.441 e. The fourth-order valence-electron chi connectivity index (χ4n) is 2.89. The van der Waals surface area contributed by atoms with Gasteiger partial charge in [0.2, 0.25) is 5.91 Å². The van der Waals surface area contributed by atoms with E-state index < -0.39 is 0 Å². The van der Waals surface area contributed by atoms with Gasteiger partial charge in [0, 0.05) is 31.1 Å². The van der Waals surface area contributed by atoms with E-state index in [0.717, 1.165) is 30.5 Å². The Kier molecular flexibility index (Phi) is 3.44. The fraction of sp³-hybridized carbons (Fsp3) is 0.467. The maximum atomic E-state index is 12.0. The van der Waals surface area contributed by atoms with Gasteiger partial charge in [-0.25, -0.2) is 4.98 Å². The Labute approximate surface area is 117 Å². The third-order valence-corrected chi connectivity index (χ3v) is 3.94. The van der Waals surface area contributed by atoms with Crippen LogP contribution in [-0.4, -0.2) is 16.9 Å². The number of carbonyl (C=O) groups is 1. The Morgan fingerprint density at radius 1 is 1.50 bits per heavy atom. The molecule has 106 valence electrons. The first-order valence-corrected chi connectivity index (χ1v) is 7.04. The number of oxazole rings is 1. The molecule has 0 bridgehead atoms. The van der Waals surface area contributed by atoms with Crippen molar-refractivity contribution in [2.24, 2.45) is 11.7 Å². The van der Waals surface area contributed by atoms with Gasteiger partial charge in [0.1, 0.15) is 5.52 Å². The molecule has 2 aromatic rings. The molecule has 0 saturated heterocycles. The van der Waals surface area contributed by atoms with Gasteiger partial charge in [0.25, 0.3) is 0 Å². The lowest BCUT2D eigenvalue weighted by molar-refractivity contribution is -0.117. The van der Waals surface area contributed by atoms with Crippen molar-refractivity contribution in [3.63, 3.8) is 0 Å². The van der Waals surface area contributed by atoms with E-state index in [9.17, 15) is 4.79 Å². The van der Waals surface area contributed by atoms with Gasteiger partial charge in [-0.1, -0.05) is 6.42 Å². The average Bonchev–Trinajstić information content (AvgIpc) is 2.94. The second kappa shape index (κ2) is 5.25. The molecule has 0 spiro atoms. The van der Waals surface area contributed by atoms with Crippen molar-refractivity contribution in [2.45, 2.75) is 38.6 Å². The summed E-state index contributed by atoms with van der Waals surface area (Å²) < 4.78 is 5.46. The van der Waals surface area contributed by atoms with Crippen molar-refractivity contribution in [3.8, 4) is 0 Å². The van der Waals surface area contributed by atoms with Gasteiger partial charge in [0.15, 0.2) is 11.5 Å². The van der Waals surface area contributed by atoms with Crippen LogP contribution in [0.3, 0.4) is 0 Å². The summed E-state index contributed by atoms with van der Waals surface area (Å²) in [5.74, 6) is 0.953. The van der Waals surface area contributed by atoms with E-state index in [1.807, 2.05) is 18.2 Å². The van der Waals surface area contributed by atoms with E-state index in [2.05, 4.69) is 10.3 Å². The molecule has 1 amide bonds. The number of benzene rings is 1. The van der Waals surface area contributed by atoms with Crippen molar-refractivity contribution >= 4 is 22.7 Å². The highest BCUT2D eigenvalue weighted by molar-refractivity contribution is 5.92. The van der Waals surface area contributed by atoms with Crippen LogP contribution in [0.4, 0.5) is 5.69 Å². The smallest absolute Gasteiger partial charge is 0.224 e. The molecule has 1 aliphatic rings. The second-order valence-corrected chi connectivity index (χ2v) is 5.52. The number of hydrogen-bond donors (Lipinski definition) is 2. The molecular formula is C15H19N3O2. The number of nitrogens with two attached hydrogens (primary N) is 1. The Bertz CT molecular complexity index is 635. The molecule has 1 aliphatic carbocycles. The number of nitrogens with zero attached hydrogens (tertiary/aromatic N) is 1. The molecule has 20 heavy (non-hydrogen) atoms. The minimum absolute atomic E-state index is 0.0166. The van der Waals surface area contributed by atoms with Crippen LogP contribution in [0.25, 0.3) is 11.1 Å². The summed E-state index contributed by atoms with van der Waals surface area (Å²) in [6, 6.07) is 5.67. The molecule has 5 heteroatoms. The van der Waals surface area contributed by atoms with Crippen molar-refractivity contribution in [2.75, 3.05) is 5.32 Å². The number of hydrogen-bond acceptors (Lipinski definition) is 4. The van der Waals surface area contributed by atoms with Crippen LogP contribution in [0, 0.1) is 12.8 Å². The molecule has 2 atom stereocenters. The highest BCUT2D eigenvalue weighted by Gasteiger charge is 2.26. The highest BCUT2D eigenvalue weighted by Crippen LogP contribution is 2.27. The summed E-state index contributed by atoms with van der Waals surface area (Å²) in [5, 5.41) is 2.91. The Morgan fingerprint density at radius 2 is 2.35 bits per heavy atom. The summed E-state index contributed by atoms with van der Waals surface area (Å²) >= 11 is 0. The predicted molar refractivity (Wildman–Crippen MR) is 77.3 cm³/mol. The molecule has 5 nitrogen and oxygen atoms in total. The number of aromatic nitrogens is 1. The quantitative estimate of drug-likeness (QED) is 0.900. The van der Waals surface area contributed by atoms with Crippen LogP contribution >= 0.6 is 0 Å². The van der Waals surface area contributed by atoms with Crippen LogP contribution in [0.5, 0.6) is 0 Å². The van der Waals surface area contributed by atoms with Gasteiger partial charge in [-0.15, -0.1) is 0 Å². The van der Waals surface area contributed by atoms with Crippen LogP contribution < -0.4 is 11.1 Å². The van der Waals surface area contributed by atoms with Gasteiger partial charge in [-0.3, -0.25) is 4.79 Å². The van der Waals surface area contributed by atoms with Gasteiger partial charge in [-0.05, 0) is 30.9 Å². The van der Waals surface area contributed by atoms with Crippen LogP contribution in [0.15, 0.2) is 22.6 Å². The summed E-state index contributed by atoms with van der Waals surface area (Å²) in [6.07, 6.45) is 3.70. The molecule has 0 radical (unpaired) electrons. The lowest BCUT2D eigenvalue weighted by atomic mass is 10.00. The van der Waals surface area contributed by atoms with Gasteiger partial charge in [0.05, 0.1) is 0 Å². The monoisotopic (exact) mass is 273 g/mol. The first kappa shape index (κ1) is 13.1. The van der Waals surface area contributed by atoms with Gasteiger partial charge < -0.3 is 15.5 Å². The molecule has 0 aliphatic heterocycles. The van der Waals surface area contributed by atoms with Crippen molar-refractivity contribution in [1.29, 1.82) is 0 Å². The van der Waals surface area contributed by atoms with E-state index >= 15 is 0 Å².